The first-order valence-electron chi connectivity index (χ1n) is 7.10. The fourth-order valence-electron chi connectivity index (χ4n) is 2.19. The Kier molecular flexibility index (Phi) is 5.08. The monoisotopic (exact) mass is 379 g/mol. The summed E-state index contributed by atoms with van der Waals surface area (Å²) in [7, 11) is 0. The summed E-state index contributed by atoms with van der Waals surface area (Å²) >= 11 is 2.38. The van der Waals surface area contributed by atoms with E-state index in [-0.39, 0.29) is 0 Å². The van der Waals surface area contributed by atoms with Crippen LogP contribution in [0.2, 0.25) is 0 Å². The Morgan fingerprint density at radius 1 is 0.900 bits per heavy atom. The van der Waals surface area contributed by atoms with Crippen molar-refractivity contribution in [1.82, 2.24) is 0 Å². The molecule has 2 rings (SSSR count). The van der Waals surface area contributed by atoms with Crippen molar-refractivity contribution in [3.63, 3.8) is 0 Å². The Hall–Kier alpha value is -1.03. The summed E-state index contributed by atoms with van der Waals surface area (Å²) < 4.78 is 1.30. The van der Waals surface area contributed by atoms with Crippen LogP contribution in [0.25, 0.3) is 0 Å². The van der Waals surface area contributed by atoms with E-state index in [4.69, 9.17) is 0 Å². The molecule has 1 atom stereocenters. The van der Waals surface area contributed by atoms with Crippen molar-refractivity contribution >= 4 is 28.3 Å². The van der Waals surface area contributed by atoms with E-state index < -0.39 is 0 Å². The number of nitrogens with one attached hydrogen (secondary N) is 1. The van der Waals surface area contributed by atoms with Crippen molar-refractivity contribution in [1.29, 1.82) is 0 Å². The van der Waals surface area contributed by atoms with Gasteiger partial charge in [-0.25, -0.2) is 0 Å². The summed E-state index contributed by atoms with van der Waals surface area (Å²) in [5, 5.41) is 3.57. The van der Waals surface area contributed by atoms with Gasteiger partial charge in [0.15, 0.2) is 0 Å². The summed E-state index contributed by atoms with van der Waals surface area (Å²) in [5.74, 6) is 0.589. The van der Waals surface area contributed by atoms with Crippen LogP contribution in [-0.2, 0) is 0 Å². The second-order valence-corrected chi connectivity index (χ2v) is 6.81. The third kappa shape index (κ3) is 3.75. The molecule has 0 heterocycles. The smallest absolute Gasteiger partial charge is 0.0485 e. The van der Waals surface area contributed by atoms with Gasteiger partial charge in [-0.1, -0.05) is 44.2 Å². The van der Waals surface area contributed by atoms with Gasteiger partial charge in [-0.3, -0.25) is 0 Å². The number of hydrogen-bond acceptors (Lipinski definition) is 1. The van der Waals surface area contributed by atoms with E-state index >= 15 is 0 Å². The van der Waals surface area contributed by atoms with Gasteiger partial charge < -0.3 is 5.32 Å². The molecule has 0 fully saturated rings. The van der Waals surface area contributed by atoms with E-state index in [2.05, 4.69) is 98.1 Å². The van der Waals surface area contributed by atoms with Crippen LogP contribution in [0.4, 0.5) is 5.69 Å². The van der Waals surface area contributed by atoms with Crippen molar-refractivity contribution in [2.45, 2.75) is 39.7 Å². The first-order valence-corrected chi connectivity index (χ1v) is 8.18. The zero-order chi connectivity index (χ0) is 14.7. The largest absolute Gasteiger partial charge is 0.378 e. The molecule has 0 saturated carbocycles. The maximum atomic E-state index is 3.57. The third-order valence-electron chi connectivity index (χ3n) is 3.66. The molecule has 0 aliphatic carbocycles. The SMILES string of the molecule is Cc1ccc(NC(C)c2ccc(C(C)C)cc2)cc1I. The molecular weight excluding hydrogens is 357 g/mol. The Morgan fingerprint density at radius 2 is 1.50 bits per heavy atom. The first-order chi connectivity index (χ1) is 9.47. The number of halogens is 1. The molecule has 0 aliphatic rings. The van der Waals surface area contributed by atoms with Crippen LogP contribution in [0.3, 0.4) is 0 Å². The average molecular weight is 379 g/mol. The minimum Gasteiger partial charge on any atom is -0.378 e. The molecule has 0 bridgehead atoms. The van der Waals surface area contributed by atoms with Crippen molar-refractivity contribution in [3.05, 3.63) is 62.7 Å². The minimum atomic E-state index is 0.315. The van der Waals surface area contributed by atoms with Gasteiger partial charge in [-0.05, 0) is 71.2 Å². The number of rotatable bonds is 4. The lowest BCUT2D eigenvalue weighted by atomic mass is 9.99. The van der Waals surface area contributed by atoms with Crippen LogP contribution in [-0.4, -0.2) is 0 Å². The Bertz CT molecular complexity index is 572. The maximum Gasteiger partial charge on any atom is 0.0485 e. The molecule has 20 heavy (non-hydrogen) atoms. The molecule has 0 radical (unpaired) electrons. The molecule has 0 saturated heterocycles. The highest BCUT2D eigenvalue weighted by atomic mass is 127. The number of benzene rings is 2. The summed E-state index contributed by atoms with van der Waals surface area (Å²) in [6.45, 7) is 8.80. The number of aryl methyl sites for hydroxylation is 1. The molecule has 106 valence electrons. The zero-order valence-electron chi connectivity index (χ0n) is 12.6. The Morgan fingerprint density at radius 3 is 2.05 bits per heavy atom. The topological polar surface area (TPSA) is 12.0 Å². The van der Waals surface area contributed by atoms with Crippen LogP contribution in [0.1, 0.15) is 49.4 Å². The highest BCUT2D eigenvalue weighted by molar-refractivity contribution is 14.1. The average Bonchev–Trinajstić information content (AvgIpc) is 2.43. The van der Waals surface area contributed by atoms with E-state index in [0.29, 0.717) is 12.0 Å². The van der Waals surface area contributed by atoms with Crippen LogP contribution in [0, 0.1) is 10.5 Å². The van der Waals surface area contributed by atoms with Gasteiger partial charge in [0, 0.05) is 15.3 Å². The number of anilines is 1. The van der Waals surface area contributed by atoms with Gasteiger partial charge in [-0.2, -0.15) is 0 Å². The molecule has 0 aliphatic heterocycles. The fraction of sp³-hybridized carbons (Fsp3) is 0.333. The van der Waals surface area contributed by atoms with Crippen LogP contribution >= 0.6 is 22.6 Å². The second kappa shape index (κ2) is 6.61. The molecule has 0 amide bonds. The highest BCUT2D eigenvalue weighted by Gasteiger charge is 2.07. The summed E-state index contributed by atoms with van der Waals surface area (Å²) in [4.78, 5) is 0. The highest BCUT2D eigenvalue weighted by Crippen LogP contribution is 2.24. The summed E-state index contributed by atoms with van der Waals surface area (Å²) in [6, 6.07) is 15.8. The molecule has 2 aromatic rings. The van der Waals surface area contributed by atoms with Crippen molar-refractivity contribution < 1.29 is 0 Å². The fourth-order valence-corrected chi connectivity index (χ4v) is 2.70. The van der Waals surface area contributed by atoms with E-state index in [0.717, 1.165) is 0 Å². The first kappa shape index (κ1) is 15.4. The molecule has 2 heteroatoms. The second-order valence-electron chi connectivity index (χ2n) is 5.65. The van der Waals surface area contributed by atoms with Crippen molar-refractivity contribution in [2.24, 2.45) is 0 Å². The van der Waals surface area contributed by atoms with E-state index in [1.807, 2.05) is 0 Å². The van der Waals surface area contributed by atoms with E-state index in [1.54, 1.807) is 0 Å². The van der Waals surface area contributed by atoms with Crippen LogP contribution < -0.4 is 5.32 Å². The summed E-state index contributed by atoms with van der Waals surface area (Å²) in [5.41, 5.74) is 5.22. The Balaban J connectivity index is 2.10. The molecule has 1 nitrogen and oxygen atoms in total. The molecule has 0 aromatic heterocycles. The van der Waals surface area contributed by atoms with Crippen LogP contribution in [0.15, 0.2) is 42.5 Å². The van der Waals surface area contributed by atoms with Gasteiger partial charge in [0.2, 0.25) is 0 Å². The van der Waals surface area contributed by atoms with Crippen molar-refractivity contribution in [2.75, 3.05) is 5.32 Å². The third-order valence-corrected chi connectivity index (χ3v) is 4.82. The lowest BCUT2D eigenvalue weighted by Gasteiger charge is -2.17. The Labute approximate surface area is 135 Å². The predicted octanol–water partition coefficient (Wildman–Crippen LogP) is 5.90. The lowest BCUT2D eigenvalue weighted by Crippen LogP contribution is -2.07. The van der Waals surface area contributed by atoms with Crippen LogP contribution in [0.5, 0.6) is 0 Å². The molecule has 1 N–H and O–H groups in total. The van der Waals surface area contributed by atoms with Gasteiger partial charge in [0.05, 0.1) is 0 Å². The molecular formula is C18H22IN. The normalized spacial score (nSPS) is 12.5. The van der Waals surface area contributed by atoms with Gasteiger partial charge >= 0.3 is 0 Å². The van der Waals surface area contributed by atoms with Gasteiger partial charge in [0.1, 0.15) is 0 Å². The standard InChI is InChI=1S/C18H22IN/c1-12(2)15-6-8-16(9-7-15)14(4)20-17-10-5-13(3)18(19)11-17/h5-12,14,20H,1-4H3. The van der Waals surface area contributed by atoms with Crippen molar-refractivity contribution in [3.8, 4) is 0 Å². The summed E-state index contributed by atoms with van der Waals surface area (Å²) in [6.07, 6.45) is 0. The van der Waals surface area contributed by atoms with E-state index in [9.17, 15) is 0 Å². The molecule has 0 spiro atoms. The van der Waals surface area contributed by atoms with Gasteiger partial charge in [-0.15, -0.1) is 0 Å². The molecule has 2 aromatic carbocycles. The zero-order valence-corrected chi connectivity index (χ0v) is 14.7. The molecule has 1 unspecified atom stereocenters. The van der Waals surface area contributed by atoms with Gasteiger partial charge in [0.25, 0.3) is 0 Å². The predicted molar refractivity (Wildman–Crippen MR) is 96.5 cm³/mol. The minimum absolute atomic E-state index is 0.315. The quantitative estimate of drug-likeness (QED) is 0.653. The van der Waals surface area contributed by atoms with E-state index in [1.165, 1.54) is 25.9 Å². The lowest BCUT2D eigenvalue weighted by molar-refractivity contribution is 0.852. The number of hydrogen-bond donors (Lipinski definition) is 1. The maximum absolute atomic E-state index is 3.57.